The molecule has 1 amide bonds. The van der Waals surface area contributed by atoms with Crippen molar-refractivity contribution in [1.82, 2.24) is 9.88 Å². The third-order valence-electron chi connectivity index (χ3n) is 4.78. The highest BCUT2D eigenvalue weighted by atomic mass is 16.5. The summed E-state index contributed by atoms with van der Waals surface area (Å²) in [4.78, 5) is 24.2. The van der Waals surface area contributed by atoms with Gasteiger partial charge < -0.3 is 19.4 Å². The summed E-state index contributed by atoms with van der Waals surface area (Å²) in [6, 6.07) is 3.15. The number of nitrogens with one attached hydrogen (secondary N) is 1. The van der Waals surface area contributed by atoms with Crippen molar-refractivity contribution in [2.45, 2.75) is 32.0 Å². The molecule has 2 fully saturated rings. The average molecular weight is 306 g/mol. The molecule has 0 radical (unpaired) electrons. The Bertz CT molecular complexity index is 612. The van der Waals surface area contributed by atoms with E-state index in [2.05, 4.69) is 5.32 Å². The maximum atomic E-state index is 12.4. The van der Waals surface area contributed by atoms with E-state index < -0.39 is 0 Å². The predicted octanol–water partition coefficient (Wildman–Crippen LogP) is 0.648. The molecular weight excluding hydrogens is 284 g/mol. The Hall–Kier alpha value is -1.66. The van der Waals surface area contributed by atoms with Crippen LogP contribution in [0.3, 0.4) is 0 Å². The first kappa shape index (κ1) is 15.2. The van der Waals surface area contributed by atoms with Crippen molar-refractivity contribution in [3.8, 4) is 0 Å². The number of fused-ring (bicyclic) bond motifs is 1. The zero-order valence-corrected chi connectivity index (χ0v) is 13.0. The molecule has 0 unspecified atom stereocenters. The third-order valence-corrected chi connectivity index (χ3v) is 4.78. The molecule has 1 aromatic heterocycles. The Labute approximate surface area is 129 Å². The summed E-state index contributed by atoms with van der Waals surface area (Å²) in [5.74, 6) is 0.356. The van der Waals surface area contributed by atoms with Crippen LogP contribution in [0.5, 0.6) is 0 Å². The molecule has 3 rings (SSSR count). The summed E-state index contributed by atoms with van der Waals surface area (Å²) < 4.78 is 12.5. The van der Waals surface area contributed by atoms with Crippen molar-refractivity contribution in [1.29, 1.82) is 0 Å². The van der Waals surface area contributed by atoms with E-state index in [1.165, 1.54) is 6.07 Å². The molecule has 4 atom stereocenters. The number of carbonyl (C=O) groups is 1. The molecule has 22 heavy (non-hydrogen) atoms. The molecule has 6 heteroatoms. The van der Waals surface area contributed by atoms with Crippen LogP contribution in [0.25, 0.3) is 0 Å². The van der Waals surface area contributed by atoms with Crippen molar-refractivity contribution in [2.75, 3.05) is 20.3 Å². The van der Waals surface area contributed by atoms with Crippen LogP contribution in [0.15, 0.2) is 23.1 Å². The van der Waals surface area contributed by atoms with Crippen LogP contribution in [0, 0.1) is 11.8 Å². The topological polar surface area (TPSA) is 69.6 Å². The summed E-state index contributed by atoms with van der Waals surface area (Å²) in [5, 5.41) is 3.06. The van der Waals surface area contributed by atoms with E-state index in [4.69, 9.17) is 9.47 Å². The van der Waals surface area contributed by atoms with Gasteiger partial charge in [0.1, 0.15) is 0 Å². The van der Waals surface area contributed by atoms with Gasteiger partial charge in [-0.3, -0.25) is 9.59 Å². The number of hydrogen-bond acceptors (Lipinski definition) is 4. The van der Waals surface area contributed by atoms with E-state index in [9.17, 15) is 9.59 Å². The molecule has 1 saturated heterocycles. The largest absolute Gasteiger partial charge is 0.384 e. The number of methoxy groups -OCH3 is 1. The normalized spacial score (nSPS) is 29.7. The average Bonchev–Trinajstić information content (AvgIpc) is 2.94. The van der Waals surface area contributed by atoms with Gasteiger partial charge in [-0.1, -0.05) is 0 Å². The summed E-state index contributed by atoms with van der Waals surface area (Å²) in [7, 11) is 1.66. The van der Waals surface area contributed by atoms with E-state index in [0.717, 1.165) is 13.0 Å². The Morgan fingerprint density at radius 3 is 3.05 bits per heavy atom. The molecule has 0 bridgehead atoms. The number of pyridine rings is 1. The van der Waals surface area contributed by atoms with E-state index in [1.54, 1.807) is 23.9 Å². The van der Waals surface area contributed by atoms with Gasteiger partial charge in [0.15, 0.2) is 0 Å². The Balaban J connectivity index is 1.71. The van der Waals surface area contributed by atoms with Crippen molar-refractivity contribution in [3.63, 3.8) is 0 Å². The maximum Gasteiger partial charge on any atom is 0.251 e. The fraction of sp³-hybridized carbons (Fsp3) is 0.625. The first-order chi connectivity index (χ1) is 10.7. The number of aromatic nitrogens is 1. The van der Waals surface area contributed by atoms with Gasteiger partial charge >= 0.3 is 0 Å². The van der Waals surface area contributed by atoms with Gasteiger partial charge in [0.05, 0.1) is 12.7 Å². The minimum atomic E-state index is -0.197. The van der Waals surface area contributed by atoms with Crippen LogP contribution in [0.2, 0.25) is 0 Å². The summed E-state index contributed by atoms with van der Waals surface area (Å²) in [5.41, 5.74) is 0.257. The second-order valence-corrected chi connectivity index (χ2v) is 5.95. The smallest absolute Gasteiger partial charge is 0.251 e. The fourth-order valence-electron chi connectivity index (χ4n) is 3.58. The highest BCUT2D eigenvalue weighted by Gasteiger charge is 2.54. The number of aryl methyl sites for hydroxylation is 1. The minimum absolute atomic E-state index is 0.0635. The Morgan fingerprint density at radius 2 is 2.36 bits per heavy atom. The van der Waals surface area contributed by atoms with E-state index in [-0.39, 0.29) is 29.5 Å². The van der Waals surface area contributed by atoms with Gasteiger partial charge in [0, 0.05) is 56.0 Å². The van der Waals surface area contributed by atoms with Gasteiger partial charge in [-0.15, -0.1) is 0 Å². The van der Waals surface area contributed by atoms with Crippen molar-refractivity contribution < 1.29 is 14.3 Å². The zero-order chi connectivity index (χ0) is 15.7. The maximum absolute atomic E-state index is 12.4. The van der Waals surface area contributed by atoms with Crippen LogP contribution < -0.4 is 10.9 Å². The highest BCUT2D eigenvalue weighted by molar-refractivity contribution is 5.94. The van der Waals surface area contributed by atoms with Gasteiger partial charge in [-0.2, -0.15) is 0 Å². The van der Waals surface area contributed by atoms with Crippen LogP contribution in [-0.2, 0) is 16.0 Å². The van der Waals surface area contributed by atoms with Crippen LogP contribution in [-0.4, -0.2) is 42.9 Å². The SMILES string of the molecule is CCn1ccc(C(=O)N[C@H]2[C@@H](COC)[C@H]3OCC[C@@H]23)cc1=O. The standard InChI is InChI=1S/C16H22N2O4/c1-3-18-6-4-10(8-13(18)19)16(20)17-14-11-5-7-22-15(11)12(14)9-21-2/h4,6,8,11-12,14-15H,3,5,7,9H2,1-2H3,(H,17,20)/t11-,12+,14+,15-/m0/s1. The lowest BCUT2D eigenvalue weighted by Crippen LogP contribution is -2.62. The molecule has 0 spiro atoms. The molecule has 1 aliphatic heterocycles. The first-order valence-electron chi connectivity index (χ1n) is 7.77. The van der Waals surface area contributed by atoms with Crippen molar-refractivity contribution in [2.24, 2.45) is 11.8 Å². The zero-order valence-electron chi connectivity index (χ0n) is 13.0. The van der Waals surface area contributed by atoms with Gasteiger partial charge in [0.2, 0.25) is 0 Å². The van der Waals surface area contributed by atoms with E-state index >= 15 is 0 Å². The number of hydrogen-bond donors (Lipinski definition) is 1. The van der Waals surface area contributed by atoms with Crippen molar-refractivity contribution in [3.05, 3.63) is 34.2 Å². The molecule has 2 aliphatic rings. The fourth-order valence-corrected chi connectivity index (χ4v) is 3.58. The summed E-state index contributed by atoms with van der Waals surface area (Å²) in [6.07, 6.45) is 2.82. The molecular formula is C16H22N2O4. The van der Waals surface area contributed by atoms with E-state index in [0.29, 0.717) is 24.6 Å². The Kier molecular flexibility index (Phi) is 4.31. The van der Waals surface area contributed by atoms with Crippen molar-refractivity contribution >= 4 is 5.91 Å². The van der Waals surface area contributed by atoms with Gasteiger partial charge in [-0.25, -0.2) is 0 Å². The number of amides is 1. The second-order valence-electron chi connectivity index (χ2n) is 5.95. The monoisotopic (exact) mass is 306 g/mol. The highest BCUT2D eigenvalue weighted by Crippen LogP contribution is 2.43. The number of carbonyl (C=O) groups excluding carboxylic acids is 1. The lowest BCUT2D eigenvalue weighted by molar-refractivity contribution is -0.0809. The van der Waals surface area contributed by atoms with Crippen LogP contribution in [0.1, 0.15) is 23.7 Å². The second kappa shape index (κ2) is 6.22. The predicted molar refractivity (Wildman–Crippen MR) is 80.8 cm³/mol. The molecule has 1 aliphatic carbocycles. The lowest BCUT2D eigenvalue weighted by Gasteiger charge is -2.47. The summed E-state index contributed by atoms with van der Waals surface area (Å²) in [6.45, 7) is 3.81. The van der Waals surface area contributed by atoms with Gasteiger partial charge in [-0.05, 0) is 19.4 Å². The number of nitrogens with zero attached hydrogens (tertiary/aromatic N) is 1. The molecule has 1 aromatic rings. The van der Waals surface area contributed by atoms with E-state index in [1.807, 2.05) is 6.92 Å². The third kappa shape index (κ3) is 2.57. The first-order valence-corrected chi connectivity index (χ1v) is 7.77. The molecule has 120 valence electrons. The minimum Gasteiger partial charge on any atom is -0.384 e. The molecule has 0 aromatic carbocycles. The molecule has 2 heterocycles. The van der Waals surface area contributed by atoms with Crippen LogP contribution >= 0.6 is 0 Å². The molecule has 1 N–H and O–H groups in total. The van der Waals surface area contributed by atoms with Gasteiger partial charge in [0.25, 0.3) is 11.5 Å². The number of rotatable bonds is 5. The van der Waals surface area contributed by atoms with Crippen LogP contribution in [0.4, 0.5) is 0 Å². The Morgan fingerprint density at radius 1 is 1.55 bits per heavy atom. The molecule has 6 nitrogen and oxygen atoms in total. The molecule has 1 saturated carbocycles. The number of ether oxygens (including phenoxy) is 2. The lowest BCUT2D eigenvalue weighted by atomic mass is 9.67. The quantitative estimate of drug-likeness (QED) is 0.867. The summed E-state index contributed by atoms with van der Waals surface area (Å²) >= 11 is 0.